The molecule has 26 heavy (non-hydrogen) atoms. The summed E-state index contributed by atoms with van der Waals surface area (Å²) < 4.78 is 12.7. The van der Waals surface area contributed by atoms with Crippen molar-refractivity contribution in [1.82, 2.24) is 4.98 Å². The van der Waals surface area contributed by atoms with Gasteiger partial charge in [-0.3, -0.25) is 0 Å². The fourth-order valence-electron chi connectivity index (χ4n) is 3.41. The van der Waals surface area contributed by atoms with E-state index in [0.29, 0.717) is 6.61 Å². The number of para-hydroxylation sites is 1. The molecule has 2 unspecified atom stereocenters. The number of thiazole rings is 1. The predicted molar refractivity (Wildman–Crippen MR) is 105 cm³/mol. The summed E-state index contributed by atoms with van der Waals surface area (Å²) in [6.45, 7) is 6.42. The summed E-state index contributed by atoms with van der Waals surface area (Å²) in [5.74, 6) is 0.741. The Labute approximate surface area is 157 Å². The molecule has 0 amide bonds. The number of methoxy groups -OCH3 is 1. The minimum Gasteiger partial charge on any atom is -0.496 e. The van der Waals surface area contributed by atoms with Crippen molar-refractivity contribution in [3.63, 3.8) is 0 Å². The van der Waals surface area contributed by atoms with E-state index in [0.717, 1.165) is 32.1 Å². The van der Waals surface area contributed by atoms with Crippen LogP contribution in [-0.2, 0) is 4.74 Å². The SMILES string of the molecule is COc1cc(C2OCC(C)(C)C2(C)O)ccc1-c1nc2ccccc2s1. The van der Waals surface area contributed by atoms with Gasteiger partial charge in [-0.1, -0.05) is 32.0 Å². The molecule has 1 N–H and O–H groups in total. The van der Waals surface area contributed by atoms with Crippen molar-refractivity contribution in [3.05, 3.63) is 48.0 Å². The van der Waals surface area contributed by atoms with Crippen LogP contribution in [0.15, 0.2) is 42.5 Å². The lowest BCUT2D eigenvalue weighted by atomic mass is 9.74. The average Bonchev–Trinajstić information content (AvgIpc) is 3.13. The first-order valence-electron chi connectivity index (χ1n) is 8.71. The number of nitrogens with zero attached hydrogens (tertiary/aromatic N) is 1. The molecule has 5 heteroatoms. The van der Waals surface area contributed by atoms with Crippen LogP contribution in [0.1, 0.15) is 32.4 Å². The Hall–Kier alpha value is -1.95. The highest BCUT2D eigenvalue weighted by molar-refractivity contribution is 7.21. The maximum absolute atomic E-state index is 11.0. The zero-order valence-corrected chi connectivity index (χ0v) is 16.3. The van der Waals surface area contributed by atoms with Crippen molar-refractivity contribution in [2.75, 3.05) is 13.7 Å². The topological polar surface area (TPSA) is 51.6 Å². The van der Waals surface area contributed by atoms with E-state index in [1.54, 1.807) is 18.4 Å². The normalized spacial score (nSPS) is 24.9. The fourth-order valence-corrected chi connectivity index (χ4v) is 4.41. The summed E-state index contributed by atoms with van der Waals surface area (Å²) in [7, 11) is 1.66. The summed E-state index contributed by atoms with van der Waals surface area (Å²) in [4.78, 5) is 4.73. The molecule has 136 valence electrons. The summed E-state index contributed by atoms with van der Waals surface area (Å²) in [6, 6.07) is 14.1. The smallest absolute Gasteiger partial charge is 0.129 e. The first-order valence-corrected chi connectivity index (χ1v) is 9.53. The van der Waals surface area contributed by atoms with Gasteiger partial charge >= 0.3 is 0 Å². The van der Waals surface area contributed by atoms with Gasteiger partial charge in [-0.05, 0) is 36.8 Å². The molecule has 1 aliphatic rings. The van der Waals surface area contributed by atoms with Gasteiger partial charge in [0.05, 0.1) is 35.1 Å². The van der Waals surface area contributed by atoms with E-state index in [1.165, 1.54) is 0 Å². The average molecular weight is 369 g/mol. The van der Waals surface area contributed by atoms with Crippen molar-refractivity contribution in [3.8, 4) is 16.3 Å². The Balaban J connectivity index is 1.76. The number of benzene rings is 2. The number of hydrogen-bond donors (Lipinski definition) is 1. The Morgan fingerprint density at radius 1 is 1.19 bits per heavy atom. The summed E-state index contributed by atoms with van der Waals surface area (Å²) in [5, 5.41) is 11.9. The van der Waals surface area contributed by atoms with E-state index in [-0.39, 0.29) is 11.5 Å². The Morgan fingerprint density at radius 2 is 1.96 bits per heavy atom. The maximum atomic E-state index is 11.0. The molecule has 1 aromatic heterocycles. The lowest BCUT2D eigenvalue weighted by Gasteiger charge is -2.35. The van der Waals surface area contributed by atoms with Gasteiger partial charge in [0, 0.05) is 5.41 Å². The third-order valence-electron chi connectivity index (χ3n) is 5.54. The molecule has 1 aliphatic heterocycles. The molecule has 0 radical (unpaired) electrons. The highest BCUT2D eigenvalue weighted by atomic mass is 32.1. The molecule has 2 heterocycles. The second-order valence-corrected chi connectivity index (χ2v) is 8.70. The van der Waals surface area contributed by atoms with Gasteiger partial charge in [0.2, 0.25) is 0 Å². The Morgan fingerprint density at radius 3 is 2.62 bits per heavy atom. The fraction of sp³-hybridized carbons (Fsp3) is 0.381. The molecule has 4 rings (SSSR count). The van der Waals surface area contributed by atoms with Crippen LogP contribution in [0.25, 0.3) is 20.8 Å². The van der Waals surface area contributed by atoms with Crippen LogP contribution in [0.2, 0.25) is 0 Å². The van der Waals surface area contributed by atoms with Crippen LogP contribution in [0, 0.1) is 5.41 Å². The van der Waals surface area contributed by atoms with E-state index >= 15 is 0 Å². The summed E-state index contributed by atoms with van der Waals surface area (Å²) in [5.41, 5.74) is 1.60. The van der Waals surface area contributed by atoms with Crippen molar-refractivity contribution in [1.29, 1.82) is 0 Å². The van der Waals surface area contributed by atoms with Crippen LogP contribution in [0.4, 0.5) is 0 Å². The van der Waals surface area contributed by atoms with Gasteiger partial charge < -0.3 is 14.6 Å². The van der Waals surface area contributed by atoms with E-state index in [1.807, 2.05) is 57.2 Å². The van der Waals surface area contributed by atoms with Gasteiger partial charge in [-0.25, -0.2) is 4.98 Å². The zero-order chi connectivity index (χ0) is 18.5. The number of ether oxygens (including phenoxy) is 2. The number of aliphatic hydroxyl groups is 1. The van der Waals surface area contributed by atoms with Gasteiger partial charge in [0.25, 0.3) is 0 Å². The molecule has 0 aliphatic carbocycles. The molecule has 2 atom stereocenters. The van der Waals surface area contributed by atoms with Crippen LogP contribution in [-0.4, -0.2) is 29.4 Å². The molecule has 1 fully saturated rings. The van der Waals surface area contributed by atoms with Crippen LogP contribution in [0.5, 0.6) is 5.75 Å². The second kappa shape index (κ2) is 6.05. The molecule has 4 nitrogen and oxygen atoms in total. The molecule has 2 aromatic carbocycles. The first kappa shape index (κ1) is 17.5. The van der Waals surface area contributed by atoms with E-state index < -0.39 is 5.60 Å². The maximum Gasteiger partial charge on any atom is 0.129 e. The highest BCUT2D eigenvalue weighted by Crippen LogP contribution is 2.50. The van der Waals surface area contributed by atoms with E-state index in [9.17, 15) is 5.11 Å². The quantitative estimate of drug-likeness (QED) is 0.719. The highest BCUT2D eigenvalue weighted by Gasteiger charge is 2.52. The third-order valence-corrected chi connectivity index (χ3v) is 6.61. The standard InChI is InChI=1S/C21H23NO3S/c1-20(2)12-25-18(21(20,3)23)13-9-10-14(16(11-13)24-4)19-22-15-7-5-6-8-17(15)26-19/h5-11,18,23H,12H2,1-4H3. The van der Waals surface area contributed by atoms with E-state index in [2.05, 4.69) is 6.07 Å². The Kier molecular flexibility index (Phi) is 4.06. The Bertz CT molecular complexity index is 928. The summed E-state index contributed by atoms with van der Waals surface area (Å²) in [6.07, 6.45) is -0.379. The number of hydrogen-bond acceptors (Lipinski definition) is 5. The molecule has 0 spiro atoms. The van der Waals surface area contributed by atoms with Gasteiger partial charge in [-0.15, -0.1) is 11.3 Å². The molecular weight excluding hydrogens is 346 g/mol. The number of aromatic nitrogens is 1. The van der Waals surface area contributed by atoms with Crippen LogP contribution in [0.3, 0.4) is 0 Å². The molecular formula is C21H23NO3S. The lowest BCUT2D eigenvalue weighted by Crippen LogP contribution is -2.41. The predicted octanol–water partition coefficient (Wildman–Crippen LogP) is 4.82. The van der Waals surface area contributed by atoms with Gasteiger partial charge in [0.1, 0.15) is 16.9 Å². The summed E-state index contributed by atoms with van der Waals surface area (Å²) >= 11 is 1.65. The third kappa shape index (κ3) is 2.62. The zero-order valence-electron chi connectivity index (χ0n) is 15.4. The first-order chi connectivity index (χ1) is 12.3. The lowest BCUT2D eigenvalue weighted by molar-refractivity contribution is -0.0601. The van der Waals surface area contributed by atoms with Crippen LogP contribution >= 0.6 is 11.3 Å². The van der Waals surface area contributed by atoms with Gasteiger partial charge in [0.15, 0.2) is 0 Å². The largest absolute Gasteiger partial charge is 0.496 e. The van der Waals surface area contributed by atoms with Gasteiger partial charge in [-0.2, -0.15) is 0 Å². The molecule has 3 aromatic rings. The van der Waals surface area contributed by atoms with Crippen molar-refractivity contribution < 1.29 is 14.6 Å². The van der Waals surface area contributed by atoms with Crippen molar-refractivity contribution in [2.24, 2.45) is 5.41 Å². The van der Waals surface area contributed by atoms with Crippen LogP contribution < -0.4 is 4.74 Å². The second-order valence-electron chi connectivity index (χ2n) is 7.67. The minimum absolute atomic E-state index is 0.309. The van der Waals surface area contributed by atoms with Crippen molar-refractivity contribution >= 4 is 21.6 Å². The monoisotopic (exact) mass is 369 g/mol. The molecule has 1 saturated heterocycles. The molecule has 0 saturated carbocycles. The van der Waals surface area contributed by atoms with E-state index in [4.69, 9.17) is 14.5 Å². The number of rotatable bonds is 3. The number of fused-ring (bicyclic) bond motifs is 1. The minimum atomic E-state index is -0.949. The van der Waals surface area contributed by atoms with Crippen molar-refractivity contribution in [2.45, 2.75) is 32.5 Å². The molecule has 0 bridgehead atoms.